The van der Waals surface area contributed by atoms with E-state index < -0.39 is 0 Å². The van der Waals surface area contributed by atoms with Gasteiger partial charge < -0.3 is 4.98 Å². The third-order valence-corrected chi connectivity index (χ3v) is 4.52. The van der Waals surface area contributed by atoms with Gasteiger partial charge in [-0.2, -0.15) is 0 Å². The fourth-order valence-electron chi connectivity index (χ4n) is 3.11. The summed E-state index contributed by atoms with van der Waals surface area (Å²) in [6.07, 6.45) is 4.60. The molecular formula is C16H21N. The van der Waals surface area contributed by atoms with Crippen molar-refractivity contribution in [2.24, 2.45) is 0 Å². The molecule has 0 bridgehead atoms. The van der Waals surface area contributed by atoms with Crippen molar-refractivity contribution in [3.8, 4) is 0 Å². The summed E-state index contributed by atoms with van der Waals surface area (Å²) in [6.45, 7) is 9.49. The number of nitrogens with one attached hydrogen (secondary N) is 1. The van der Waals surface area contributed by atoms with Gasteiger partial charge in [-0.1, -0.05) is 27.7 Å². The molecule has 0 radical (unpaired) electrons. The van der Waals surface area contributed by atoms with Crippen LogP contribution < -0.4 is 0 Å². The van der Waals surface area contributed by atoms with E-state index >= 15 is 0 Å². The Hall–Kier alpha value is -1.24. The van der Waals surface area contributed by atoms with Crippen LogP contribution >= 0.6 is 0 Å². The number of rotatable bonds is 0. The predicted octanol–water partition coefficient (Wildman–Crippen LogP) is 4.52. The topological polar surface area (TPSA) is 15.8 Å². The summed E-state index contributed by atoms with van der Waals surface area (Å²) < 4.78 is 0. The van der Waals surface area contributed by atoms with E-state index in [0.29, 0.717) is 10.8 Å². The lowest BCUT2D eigenvalue weighted by Gasteiger charge is -2.41. The second-order valence-corrected chi connectivity index (χ2v) is 6.73. The van der Waals surface area contributed by atoms with Crippen LogP contribution in [-0.4, -0.2) is 4.98 Å². The molecule has 0 aliphatic heterocycles. The molecule has 1 aromatic heterocycles. The van der Waals surface area contributed by atoms with Gasteiger partial charge in [-0.3, -0.25) is 0 Å². The largest absolute Gasteiger partial charge is 0.361 e. The van der Waals surface area contributed by atoms with E-state index in [4.69, 9.17) is 0 Å². The smallest absolute Gasteiger partial charge is 0.0457 e. The third kappa shape index (κ3) is 1.52. The van der Waals surface area contributed by atoms with Crippen molar-refractivity contribution in [3.63, 3.8) is 0 Å². The highest BCUT2D eigenvalue weighted by Gasteiger charge is 2.37. The van der Waals surface area contributed by atoms with E-state index in [1.807, 2.05) is 6.20 Å². The molecule has 1 nitrogen and oxygen atoms in total. The number of aromatic nitrogens is 1. The Morgan fingerprint density at radius 1 is 0.941 bits per heavy atom. The molecular weight excluding hydrogens is 206 g/mol. The van der Waals surface area contributed by atoms with E-state index in [9.17, 15) is 0 Å². The molecule has 1 heteroatoms. The zero-order valence-electron chi connectivity index (χ0n) is 11.2. The Kier molecular flexibility index (Phi) is 2.02. The second-order valence-electron chi connectivity index (χ2n) is 6.73. The average molecular weight is 227 g/mol. The highest BCUT2D eigenvalue weighted by atomic mass is 14.7. The predicted molar refractivity (Wildman–Crippen MR) is 73.6 cm³/mol. The molecule has 0 amide bonds. The van der Waals surface area contributed by atoms with Crippen molar-refractivity contribution in [3.05, 3.63) is 35.5 Å². The summed E-state index contributed by atoms with van der Waals surface area (Å²) in [6, 6.07) is 6.93. The van der Waals surface area contributed by atoms with Gasteiger partial charge in [0, 0.05) is 11.7 Å². The molecule has 1 aliphatic rings. The SMILES string of the molecule is CC1(C)CCC(C)(C)c2cc3[nH]ccc3cc21. The zero-order valence-corrected chi connectivity index (χ0v) is 11.2. The maximum absolute atomic E-state index is 3.33. The number of hydrogen-bond acceptors (Lipinski definition) is 0. The third-order valence-electron chi connectivity index (χ3n) is 4.52. The molecule has 0 spiro atoms. The van der Waals surface area contributed by atoms with Crippen LogP contribution in [0.2, 0.25) is 0 Å². The second kappa shape index (κ2) is 3.16. The Morgan fingerprint density at radius 3 is 2.18 bits per heavy atom. The first-order chi connectivity index (χ1) is 7.90. The molecule has 0 atom stereocenters. The van der Waals surface area contributed by atoms with Gasteiger partial charge in [0.15, 0.2) is 0 Å². The van der Waals surface area contributed by atoms with Crippen LogP contribution in [0.3, 0.4) is 0 Å². The minimum absolute atomic E-state index is 0.310. The normalized spacial score (nSPS) is 21.4. The molecule has 1 aliphatic carbocycles. The van der Waals surface area contributed by atoms with E-state index in [1.54, 1.807) is 5.56 Å². The van der Waals surface area contributed by atoms with Crippen molar-refractivity contribution in [2.45, 2.75) is 51.4 Å². The molecule has 90 valence electrons. The lowest BCUT2D eigenvalue weighted by atomic mass is 9.63. The first-order valence-electron chi connectivity index (χ1n) is 6.52. The van der Waals surface area contributed by atoms with Crippen molar-refractivity contribution in [1.82, 2.24) is 4.98 Å². The molecule has 1 N–H and O–H groups in total. The summed E-state index contributed by atoms with van der Waals surface area (Å²) in [5, 5.41) is 1.34. The summed E-state index contributed by atoms with van der Waals surface area (Å²) >= 11 is 0. The lowest BCUT2D eigenvalue weighted by molar-refractivity contribution is 0.332. The van der Waals surface area contributed by atoms with Gasteiger partial charge in [-0.05, 0) is 58.4 Å². The van der Waals surface area contributed by atoms with Crippen molar-refractivity contribution >= 4 is 10.9 Å². The van der Waals surface area contributed by atoms with Crippen LogP contribution in [0, 0.1) is 0 Å². The van der Waals surface area contributed by atoms with Crippen LogP contribution in [0.4, 0.5) is 0 Å². The van der Waals surface area contributed by atoms with Gasteiger partial charge in [0.1, 0.15) is 0 Å². The minimum Gasteiger partial charge on any atom is -0.361 e. The van der Waals surface area contributed by atoms with Crippen LogP contribution in [0.1, 0.15) is 51.7 Å². The van der Waals surface area contributed by atoms with Crippen molar-refractivity contribution < 1.29 is 0 Å². The highest BCUT2D eigenvalue weighted by Crippen LogP contribution is 2.46. The Balaban J connectivity index is 2.35. The van der Waals surface area contributed by atoms with E-state index in [1.165, 1.54) is 29.3 Å². The van der Waals surface area contributed by atoms with E-state index in [-0.39, 0.29) is 0 Å². The maximum Gasteiger partial charge on any atom is 0.0457 e. The zero-order chi connectivity index (χ0) is 12.3. The first kappa shape index (κ1) is 10.9. The van der Waals surface area contributed by atoms with Gasteiger partial charge in [-0.15, -0.1) is 0 Å². The van der Waals surface area contributed by atoms with E-state index in [0.717, 1.165) is 0 Å². The number of fused-ring (bicyclic) bond motifs is 2. The van der Waals surface area contributed by atoms with Crippen LogP contribution in [0.5, 0.6) is 0 Å². The Morgan fingerprint density at radius 2 is 1.53 bits per heavy atom. The van der Waals surface area contributed by atoms with E-state index in [2.05, 4.69) is 50.9 Å². The van der Waals surface area contributed by atoms with Gasteiger partial charge in [0.25, 0.3) is 0 Å². The number of hydrogen-bond donors (Lipinski definition) is 1. The molecule has 0 unspecified atom stereocenters. The molecule has 0 saturated carbocycles. The van der Waals surface area contributed by atoms with Crippen molar-refractivity contribution in [2.75, 3.05) is 0 Å². The quantitative estimate of drug-likeness (QED) is 0.681. The first-order valence-corrected chi connectivity index (χ1v) is 6.52. The number of H-pyrrole nitrogens is 1. The summed E-state index contributed by atoms with van der Waals surface area (Å²) in [7, 11) is 0. The fraction of sp³-hybridized carbons (Fsp3) is 0.500. The molecule has 0 saturated heterocycles. The minimum atomic E-state index is 0.310. The Bertz CT molecular complexity index is 522. The lowest BCUT2D eigenvalue weighted by Crippen LogP contribution is -2.33. The summed E-state index contributed by atoms with van der Waals surface area (Å²) in [5.41, 5.74) is 4.97. The molecule has 2 aromatic rings. The molecule has 1 heterocycles. The van der Waals surface area contributed by atoms with Gasteiger partial charge in [0.2, 0.25) is 0 Å². The van der Waals surface area contributed by atoms with Gasteiger partial charge >= 0.3 is 0 Å². The summed E-state index contributed by atoms with van der Waals surface area (Å²) in [4.78, 5) is 3.33. The van der Waals surface area contributed by atoms with Crippen LogP contribution in [0.15, 0.2) is 24.4 Å². The van der Waals surface area contributed by atoms with Crippen molar-refractivity contribution in [1.29, 1.82) is 0 Å². The maximum atomic E-state index is 3.33. The van der Waals surface area contributed by atoms with Gasteiger partial charge in [0.05, 0.1) is 0 Å². The molecule has 0 fully saturated rings. The number of benzene rings is 1. The summed E-state index contributed by atoms with van der Waals surface area (Å²) in [5.74, 6) is 0. The molecule has 3 rings (SSSR count). The van der Waals surface area contributed by atoms with Gasteiger partial charge in [-0.25, -0.2) is 0 Å². The molecule has 1 aromatic carbocycles. The number of aromatic amines is 1. The Labute approximate surface area is 103 Å². The monoisotopic (exact) mass is 227 g/mol. The average Bonchev–Trinajstić information content (AvgIpc) is 2.70. The fourth-order valence-corrected chi connectivity index (χ4v) is 3.11. The standard InChI is InChI=1S/C16H21N/c1-15(2)6-7-16(3,4)13-10-14-11(5-8-17-14)9-12(13)15/h5,8-10,17H,6-7H2,1-4H3. The highest BCUT2D eigenvalue weighted by molar-refractivity contribution is 5.82. The molecule has 17 heavy (non-hydrogen) atoms. The van der Waals surface area contributed by atoms with Crippen LogP contribution in [-0.2, 0) is 10.8 Å². The van der Waals surface area contributed by atoms with Crippen LogP contribution in [0.25, 0.3) is 10.9 Å².